The van der Waals surface area contributed by atoms with E-state index in [0.717, 1.165) is 6.16 Å². The van der Waals surface area contributed by atoms with Crippen molar-refractivity contribution in [3.8, 4) is 0 Å². The molecule has 4 rings (SSSR count). The molecule has 0 amide bonds. The summed E-state index contributed by atoms with van der Waals surface area (Å²) in [4.78, 5) is 2.63. The average Bonchev–Trinajstić information content (AvgIpc) is 3.29. The Balaban J connectivity index is 0.00000240. The van der Waals surface area contributed by atoms with Crippen LogP contribution < -0.4 is 15.9 Å². The van der Waals surface area contributed by atoms with Gasteiger partial charge in [-0.1, -0.05) is 0 Å². The number of benzene rings is 3. The summed E-state index contributed by atoms with van der Waals surface area (Å²) in [5.74, 6) is 0. The van der Waals surface area contributed by atoms with E-state index < -0.39 is 5.31 Å². The topological polar surface area (TPSA) is 3.24 Å². The van der Waals surface area contributed by atoms with Gasteiger partial charge in [0.25, 0.3) is 0 Å². The molecule has 3 aromatic rings. The maximum absolute atomic E-state index is 4.54. The molecule has 0 aromatic heterocycles. The molecule has 1 nitrogen and oxygen atoms in total. The van der Waals surface area contributed by atoms with Gasteiger partial charge in [-0.05, 0) is 0 Å². The molecule has 0 spiro atoms. The second-order valence-corrected chi connectivity index (χ2v) is 16.9. The summed E-state index contributed by atoms with van der Waals surface area (Å²) in [7, 11) is 0. The van der Waals surface area contributed by atoms with E-state index in [1.165, 1.54) is 54.8 Å². The van der Waals surface area contributed by atoms with Crippen LogP contribution in [0.15, 0.2) is 91.0 Å². The van der Waals surface area contributed by atoms with Gasteiger partial charge in [0.1, 0.15) is 0 Å². The van der Waals surface area contributed by atoms with E-state index in [-0.39, 0.29) is 17.0 Å². The van der Waals surface area contributed by atoms with Gasteiger partial charge in [-0.3, -0.25) is 0 Å². The van der Waals surface area contributed by atoms with E-state index in [0.29, 0.717) is 0 Å². The summed E-state index contributed by atoms with van der Waals surface area (Å²) in [6, 6.07) is 33.4. The molecule has 1 saturated heterocycles. The second-order valence-electron chi connectivity index (χ2n) is 7.82. The molecular formula is C25H30Br2NP. The molecule has 154 valence electrons. The fourth-order valence-electron chi connectivity index (χ4n) is 4.65. The quantitative estimate of drug-likeness (QED) is 0.342. The molecule has 0 saturated carbocycles. The molecule has 0 aliphatic carbocycles. The van der Waals surface area contributed by atoms with Crippen LogP contribution in [-0.4, -0.2) is 30.7 Å². The molecule has 1 aliphatic heterocycles. The summed E-state index contributed by atoms with van der Waals surface area (Å²) in [5.41, 5.74) is 0. The van der Waals surface area contributed by atoms with Crippen molar-refractivity contribution < 1.29 is 0 Å². The second kappa shape index (κ2) is 9.88. The van der Waals surface area contributed by atoms with Crippen molar-refractivity contribution in [2.75, 3.05) is 25.8 Å². The van der Waals surface area contributed by atoms with E-state index >= 15 is 0 Å². The molecule has 4 heteroatoms. The van der Waals surface area contributed by atoms with Crippen molar-refractivity contribution in [3.63, 3.8) is 0 Å². The van der Waals surface area contributed by atoms with Gasteiger partial charge in [-0.2, -0.15) is 0 Å². The zero-order chi connectivity index (χ0) is 19.3. The molecule has 0 N–H and O–H groups in total. The van der Waals surface area contributed by atoms with Gasteiger partial charge in [0.15, 0.2) is 0 Å². The summed E-state index contributed by atoms with van der Waals surface area (Å²) >= 11 is 4.54. The predicted molar refractivity (Wildman–Crippen MR) is 140 cm³/mol. The molecule has 1 fully saturated rings. The van der Waals surface area contributed by atoms with Crippen LogP contribution in [0.25, 0.3) is 0 Å². The van der Waals surface area contributed by atoms with Crippen LogP contribution in [0, 0.1) is 0 Å². The van der Waals surface area contributed by atoms with Crippen LogP contribution in [0.2, 0.25) is 0 Å². The molecular weight excluding hydrogens is 505 g/mol. The first kappa shape index (κ1) is 22.7. The third-order valence-electron chi connectivity index (χ3n) is 6.13. The zero-order valence-corrected chi connectivity index (χ0v) is 21.0. The van der Waals surface area contributed by atoms with E-state index in [1.807, 2.05) is 0 Å². The van der Waals surface area contributed by atoms with Crippen molar-refractivity contribution in [2.45, 2.75) is 19.3 Å². The number of likely N-dealkylation sites (tertiary alicyclic amines) is 1. The minimum atomic E-state index is -2.72. The molecule has 0 bridgehead atoms. The van der Waals surface area contributed by atoms with E-state index in [2.05, 4.69) is 111 Å². The van der Waals surface area contributed by atoms with Crippen LogP contribution in [0.3, 0.4) is 0 Å². The Morgan fingerprint density at radius 2 is 1.03 bits per heavy atom. The van der Waals surface area contributed by atoms with Crippen LogP contribution in [-0.2, 0) is 0 Å². The molecule has 0 radical (unpaired) electrons. The fourth-order valence-corrected chi connectivity index (χ4v) is 12.3. The Morgan fingerprint density at radius 1 is 0.655 bits per heavy atom. The SMILES string of the molecule is Br.BrP(CCCN1CCCC1)(c1ccccc1)(c1ccccc1)c1ccccc1. The Labute approximate surface area is 194 Å². The summed E-state index contributed by atoms with van der Waals surface area (Å²) in [6.07, 6.45) is 5.05. The Hall–Kier alpha value is -0.990. The fraction of sp³-hybridized carbons (Fsp3) is 0.280. The number of hydrogen-bond acceptors (Lipinski definition) is 1. The number of nitrogens with zero attached hydrogens (tertiary/aromatic N) is 1. The van der Waals surface area contributed by atoms with Crippen LogP contribution in [0.1, 0.15) is 19.3 Å². The molecule has 1 aliphatic rings. The van der Waals surface area contributed by atoms with Gasteiger partial charge in [0.2, 0.25) is 0 Å². The van der Waals surface area contributed by atoms with Crippen LogP contribution in [0.5, 0.6) is 0 Å². The van der Waals surface area contributed by atoms with Gasteiger partial charge in [-0.25, -0.2) is 0 Å². The monoisotopic (exact) mass is 533 g/mol. The van der Waals surface area contributed by atoms with Crippen molar-refractivity contribution in [1.82, 2.24) is 4.90 Å². The van der Waals surface area contributed by atoms with E-state index in [9.17, 15) is 0 Å². The van der Waals surface area contributed by atoms with Crippen molar-refractivity contribution in [1.29, 1.82) is 0 Å². The first-order valence-electron chi connectivity index (χ1n) is 10.3. The van der Waals surface area contributed by atoms with Crippen molar-refractivity contribution in [2.24, 2.45) is 0 Å². The van der Waals surface area contributed by atoms with Gasteiger partial charge in [0.05, 0.1) is 0 Å². The van der Waals surface area contributed by atoms with E-state index in [4.69, 9.17) is 0 Å². The van der Waals surface area contributed by atoms with Gasteiger partial charge in [0, 0.05) is 0 Å². The predicted octanol–water partition coefficient (Wildman–Crippen LogP) is 5.89. The average molecular weight is 535 g/mol. The van der Waals surface area contributed by atoms with Crippen molar-refractivity contribution in [3.05, 3.63) is 91.0 Å². The Bertz CT molecular complexity index is 781. The maximum atomic E-state index is 4.54. The third-order valence-corrected chi connectivity index (χ3v) is 16.2. The van der Waals surface area contributed by atoms with Crippen LogP contribution >= 0.6 is 37.8 Å². The van der Waals surface area contributed by atoms with Crippen molar-refractivity contribution >= 4 is 53.7 Å². The van der Waals surface area contributed by atoms with E-state index in [1.54, 1.807) is 0 Å². The number of rotatable bonds is 7. The minimum absolute atomic E-state index is 0. The summed E-state index contributed by atoms with van der Waals surface area (Å²) in [5, 5.41) is 1.55. The van der Waals surface area contributed by atoms with Crippen LogP contribution in [0.4, 0.5) is 0 Å². The number of hydrogen-bond donors (Lipinski definition) is 0. The summed E-state index contributed by atoms with van der Waals surface area (Å²) < 4.78 is 0. The molecule has 3 aromatic carbocycles. The molecule has 1 heterocycles. The molecule has 29 heavy (non-hydrogen) atoms. The molecule has 0 atom stereocenters. The normalized spacial score (nSPS) is 16.0. The third kappa shape index (κ3) is 4.39. The Kier molecular flexibility index (Phi) is 7.73. The molecule has 0 unspecified atom stereocenters. The number of halogens is 2. The van der Waals surface area contributed by atoms with Gasteiger partial charge in [-0.15, -0.1) is 17.0 Å². The Morgan fingerprint density at radius 3 is 1.41 bits per heavy atom. The first-order chi connectivity index (χ1) is 13.7. The first-order valence-corrected chi connectivity index (χ1v) is 14.8. The summed E-state index contributed by atoms with van der Waals surface area (Å²) in [6.45, 7) is 3.72. The zero-order valence-electron chi connectivity index (χ0n) is 16.8. The standard InChI is InChI=1S/C25H29BrNP.BrH/c26-28(23-13-4-1-5-14-23,24-15-6-2-7-16-24,25-17-8-3-9-18-25)22-12-21-27-19-10-11-20-27;/h1-9,13-18H,10-12,19-22H2;1H. The van der Waals surface area contributed by atoms with Gasteiger partial charge >= 0.3 is 178 Å². The van der Waals surface area contributed by atoms with Gasteiger partial charge < -0.3 is 0 Å².